The Hall–Kier alpha value is -2.20. The summed E-state index contributed by atoms with van der Waals surface area (Å²) < 4.78 is 10.4. The van der Waals surface area contributed by atoms with Crippen LogP contribution < -0.4 is 4.74 Å². The molecule has 1 atom stereocenters. The SMILES string of the molecule is O=C(C=Cc1ccc(OC(=O)CCCC[C@@H]2CCSS2)cc1)OCCCCO[N+](=O)[O-]. The zero-order valence-corrected chi connectivity index (χ0v) is 18.9. The maximum absolute atomic E-state index is 12.0. The number of hydrogen-bond acceptors (Lipinski definition) is 9. The fourth-order valence-corrected chi connectivity index (χ4v) is 5.79. The molecule has 0 saturated carbocycles. The highest BCUT2D eigenvalue weighted by atomic mass is 33.1. The summed E-state index contributed by atoms with van der Waals surface area (Å²) in [5.41, 5.74) is 0.767. The molecule has 1 aromatic carbocycles. The van der Waals surface area contributed by atoms with Gasteiger partial charge in [-0.25, -0.2) is 4.79 Å². The van der Waals surface area contributed by atoms with Gasteiger partial charge < -0.3 is 14.3 Å². The number of esters is 2. The largest absolute Gasteiger partial charge is 0.463 e. The lowest BCUT2D eigenvalue weighted by Gasteiger charge is -2.07. The summed E-state index contributed by atoms with van der Waals surface area (Å²) >= 11 is 0. The summed E-state index contributed by atoms with van der Waals surface area (Å²) in [7, 11) is 3.89. The molecule has 0 spiro atoms. The second kappa shape index (κ2) is 14.7. The van der Waals surface area contributed by atoms with Crippen LogP contribution in [-0.4, -0.2) is 41.2 Å². The summed E-state index contributed by atoms with van der Waals surface area (Å²) in [6, 6.07) is 6.86. The molecule has 2 rings (SSSR count). The van der Waals surface area contributed by atoms with Gasteiger partial charge in [0.05, 0.1) is 13.2 Å². The van der Waals surface area contributed by atoms with Crippen molar-refractivity contribution >= 4 is 39.6 Å². The molecule has 0 unspecified atom stereocenters. The van der Waals surface area contributed by atoms with Gasteiger partial charge in [0, 0.05) is 23.5 Å². The lowest BCUT2D eigenvalue weighted by atomic mass is 10.1. The van der Waals surface area contributed by atoms with Crippen LogP contribution in [0.3, 0.4) is 0 Å². The van der Waals surface area contributed by atoms with Gasteiger partial charge in [0.15, 0.2) is 0 Å². The molecule has 1 aliphatic heterocycles. The first-order valence-corrected chi connectivity index (χ1v) is 12.6. The summed E-state index contributed by atoms with van der Waals surface area (Å²) in [6.07, 6.45) is 8.52. The number of benzene rings is 1. The molecule has 1 saturated heterocycles. The van der Waals surface area contributed by atoms with Crippen molar-refractivity contribution in [3.8, 4) is 5.75 Å². The van der Waals surface area contributed by atoms with E-state index in [2.05, 4.69) is 4.84 Å². The van der Waals surface area contributed by atoms with Crippen LogP contribution in [-0.2, 0) is 19.2 Å². The van der Waals surface area contributed by atoms with Crippen LogP contribution in [0.4, 0.5) is 0 Å². The lowest BCUT2D eigenvalue weighted by Crippen LogP contribution is -2.08. The third-order valence-electron chi connectivity index (χ3n) is 4.39. The van der Waals surface area contributed by atoms with E-state index in [4.69, 9.17) is 9.47 Å². The van der Waals surface area contributed by atoms with Crippen LogP contribution in [0.15, 0.2) is 30.3 Å². The summed E-state index contributed by atoms with van der Waals surface area (Å²) in [5.74, 6) is 0.974. The number of nitrogens with zero attached hydrogens (tertiary/aromatic N) is 1. The maximum Gasteiger partial charge on any atom is 0.330 e. The van der Waals surface area contributed by atoms with Crippen molar-refractivity contribution in [2.24, 2.45) is 0 Å². The zero-order valence-electron chi connectivity index (χ0n) is 17.2. The Labute approximate surface area is 189 Å². The highest BCUT2D eigenvalue weighted by Crippen LogP contribution is 2.39. The molecule has 1 aliphatic rings. The number of carbonyl (C=O) groups excluding carboxylic acids is 2. The van der Waals surface area contributed by atoms with Gasteiger partial charge in [0.2, 0.25) is 0 Å². The molecule has 0 aliphatic carbocycles. The van der Waals surface area contributed by atoms with E-state index in [1.165, 1.54) is 18.2 Å². The van der Waals surface area contributed by atoms with E-state index in [0.29, 0.717) is 25.0 Å². The molecule has 1 heterocycles. The molecular formula is C21H27NO7S2. The molecule has 0 N–H and O–H groups in total. The highest BCUT2D eigenvalue weighted by molar-refractivity contribution is 8.77. The van der Waals surface area contributed by atoms with E-state index >= 15 is 0 Å². The van der Waals surface area contributed by atoms with Crippen LogP contribution in [0.25, 0.3) is 6.08 Å². The number of ether oxygens (including phenoxy) is 2. The topological polar surface area (TPSA) is 105 Å². The van der Waals surface area contributed by atoms with E-state index in [1.807, 2.05) is 21.6 Å². The molecular weight excluding hydrogens is 442 g/mol. The second-order valence-corrected chi connectivity index (χ2v) is 9.67. The van der Waals surface area contributed by atoms with Gasteiger partial charge in [0.25, 0.3) is 5.09 Å². The third-order valence-corrected chi connectivity index (χ3v) is 7.39. The smallest absolute Gasteiger partial charge is 0.330 e. The van der Waals surface area contributed by atoms with E-state index in [1.54, 1.807) is 30.3 Å². The standard InChI is InChI=1S/C21H27NO7S2/c23-20(27-14-3-4-15-28-22(25)26)12-9-17-7-10-18(11-8-17)29-21(24)6-2-1-5-19-13-16-30-31-19/h7-12,19H,1-6,13-16H2/t19-/m1/s1. The van der Waals surface area contributed by atoms with Crippen molar-refractivity contribution in [1.82, 2.24) is 0 Å². The number of hydrogen-bond donors (Lipinski definition) is 0. The molecule has 10 heteroatoms. The first-order chi connectivity index (χ1) is 15.0. The lowest BCUT2D eigenvalue weighted by molar-refractivity contribution is -0.757. The van der Waals surface area contributed by atoms with Crippen molar-refractivity contribution in [1.29, 1.82) is 0 Å². The molecule has 0 aromatic heterocycles. The summed E-state index contributed by atoms with van der Waals surface area (Å²) in [5, 5.41) is 9.87. The molecule has 1 fully saturated rings. The van der Waals surface area contributed by atoms with E-state index < -0.39 is 11.1 Å². The molecule has 0 radical (unpaired) electrons. The van der Waals surface area contributed by atoms with E-state index in [-0.39, 0.29) is 19.2 Å². The Kier molecular flexibility index (Phi) is 11.9. The predicted octanol–water partition coefficient (Wildman–Crippen LogP) is 4.85. The highest BCUT2D eigenvalue weighted by Gasteiger charge is 2.16. The van der Waals surface area contributed by atoms with Crippen molar-refractivity contribution < 1.29 is 29.0 Å². The van der Waals surface area contributed by atoms with Crippen molar-refractivity contribution in [2.45, 2.75) is 50.2 Å². The average Bonchev–Trinajstić information content (AvgIpc) is 3.26. The fourth-order valence-electron chi connectivity index (χ4n) is 2.76. The van der Waals surface area contributed by atoms with Gasteiger partial charge in [-0.05, 0) is 55.9 Å². The number of unbranched alkanes of at least 4 members (excludes halogenated alkanes) is 2. The van der Waals surface area contributed by atoms with Crippen LogP contribution in [0, 0.1) is 10.1 Å². The van der Waals surface area contributed by atoms with Crippen molar-refractivity contribution in [3.63, 3.8) is 0 Å². The fraction of sp³-hybridized carbons (Fsp3) is 0.524. The van der Waals surface area contributed by atoms with Crippen molar-refractivity contribution in [3.05, 3.63) is 46.0 Å². The van der Waals surface area contributed by atoms with Crippen LogP contribution in [0.2, 0.25) is 0 Å². The molecule has 170 valence electrons. The Balaban J connectivity index is 1.58. The van der Waals surface area contributed by atoms with Gasteiger partial charge in [-0.15, -0.1) is 10.1 Å². The normalized spacial score (nSPS) is 15.7. The Morgan fingerprint density at radius 2 is 1.90 bits per heavy atom. The van der Waals surface area contributed by atoms with Gasteiger partial charge in [-0.1, -0.05) is 40.1 Å². The van der Waals surface area contributed by atoms with Gasteiger partial charge in [-0.3, -0.25) is 4.79 Å². The number of rotatable bonds is 14. The molecule has 0 amide bonds. The average molecular weight is 470 g/mol. The van der Waals surface area contributed by atoms with Gasteiger partial charge in [0.1, 0.15) is 5.75 Å². The first-order valence-electron chi connectivity index (χ1n) is 10.2. The molecule has 31 heavy (non-hydrogen) atoms. The predicted molar refractivity (Wildman–Crippen MR) is 121 cm³/mol. The minimum absolute atomic E-state index is 0.0177. The third kappa shape index (κ3) is 11.7. The second-order valence-electron chi connectivity index (χ2n) is 6.88. The Morgan fingerprint density at radius 1 is 1.13 bits per heavy atom. The van der Waals surface area contributed by atoms with Crippen LogP contribution >= 0.6 is 21.6 Å². The minimum Gasteiger partial charge on any atom is -0.463 e. The maximum atomic E-state index is 12.0. The Morgan fingerprint density at radius 3 is 2.61 bits per heavy atom. The first kappa shape index (κ1) is 25.1. The minimum atomic E-state index is -0.850. The quantitative estimate of drug-likeness (QED) is 0.0719. The zero-order chi connectivity index (χ0) is 22.3. The number of carbonyl (C=O) groups is 2. The van der Waals surface area contributed by atoms with Gasteiger partial charge >= 0.3 is 11.9 Å². The summed E-state index contributed by atoms with van der Waals surface area (Å²) in [6.45, 7) is 0.147. The van der Waals surface area contributed by atoms with Crippen LogP contribution in [0.1, 0.15) is 50.5 Å². The monoisotopic (exact) mass is 469 g/mol. The van der Waals surface area contributed by atoms with Gasteiger partial charge in [-0.2, -0.15) is 0 Å². The molecule has 8 nitrogen and oxygen atoms in total. The van der Waals surface area contributed by atoms with Crippen LogP contribution in [0.5, 0.6) is 5.75 Å². The Bertz CT molecular complexity index is 734. The van der Waals surface area contributed by atoms with Crippen molar-refractivity contribution in [2.75, 3.05) is 19.0 Å². The van der Waals surface area contributed by atoms with E-state index in [0.717, 1.165) is 30.1 Å². The molecule has 1 aromatic rings. The molecule has 0 bridgehead atoms. The van der Waals surface area contributed by atoms with E-state index in [9.17, 15) is 19.7 Å². The summed E-state index contributed by atoms with van der Waals surface area (Å²) in [4.78, 5) is 37.8.